The second-order valence-electron chi connectivity index (χ2n) is 5.34. The van der Waals surface area contributed by atoms with Crippen molar-refractivity contribution in [2.24, 2.45) is 0 Å². The summed E-state index contributed by atoms with van der Waals surface area (Å²) in [4.78, 5) is 27.9. The molecule has 1 saturated carbocycles. The first-order valence-electron chi connectivity index (χ1n) is 7.65. The van der Waals surface area contributed by atoms with E-state index in [2.05, 4.69) is 10.3 Å². The number of aromatic nitrogens is 1. The Morgan fingerprint density at radius 1 is 1.50 bits per heavy atom. The van der Waals surface area contributed by atoms with Crippen LogP contribution in [-0.2, 0) is 20.7 Å². The van der Waals surface area contributed by atoms with E-state index in [4.69, 9.17) is 4.74 Å². The molecule has 22 heavy (non-hydrogen) atoms. The van der Waals surface area contributed by atoms with E-state index in [1.165, 1.54) is 35.9 Å². The molecule has 2 rings (SSSR count). The van der Waals surface area contributed by atoms with Crippen molar-refractivity contribution in [3.63, 3.8) is 0 Å². The number of esters is 1. The molecule has 1 N–H and O–H groups in total. The zero-order valence-electron chi connectivity index (χ0n) is 13.0. The molecule has 0 spiro atoms. The number of hydrogen-bond donors (Lipinski definition) is 1. The number of carbonyl (C=O) groups excluding carboxylic acids is 2. The van der Waals surface area contributed by atoms with Crippen molar-refractivity contribution >= 4 is 35.0 Å². The number of ether oxygens (including phenoxy) is 1. The summed E-state index contributed by atoms with van der Waals surface area (Å²) in [6.45, 7) is 4.05. The summed E-state index contributed by atoms with van der Waals surface area (Å²) in [5, 5.41) is 4.77. The molecule has 1 amide bonds. The summed E-state index contributed by atoms with van der Waals surface area (Å²) < 4.78 is 5.72. The van der Waals surface area contributed by atoms with Crippen molar-refractivity contribution in [3.05, 3.63) is 11.1 Å². The minimum Gasteiger partial charge on any atom is -0.466 e. The molecule has 0 bridgehead atoms. The van der Waals surface area contributed by atoms with Gasteiger partial charge in [0, 0.05) is 11.4 Å². The monoisotopic (exact) mass is 342 g/mol. The molecular formula is C15H22N2O3S2. The van der Waals surface area contributed by atoms with E-state index in [0.29, 0.717) is 18.3 Å². The van der Waals surface area contributed by atoms with Crippen LogP contribution in [0.15, 0.2) is 9.72 Å². The van der Waals surface area contributed by atoms with Gasteiger partial charge in [-0.2, -0.15) is 0 Å². The first kappa shape index (κ1) is 17.3. The molecule has 1 aliphatic rings. The largest absolute Gasteiger partial charge is 0.466 e. The van der Waals surface area contributed by atoms with Crippen LogP contribution in [0.4, 0.5) is 0 Å². The van der Waals surface area contributed by atoms with Gasteiger partial charge in [-0.25, -0.2) is 4.98 Å². The standard InChI is InChI=1S/C15H22N2O3S2/c1-3-20-13(18)8-12-9-21-15(17-12)22-10(2)14(19)16-11-6-4-5-7-11/h9-11H,3-8H2,1-2H3,(H,16,19)/t10-/m1/s1. The second-order valence-corrected chi connectivity index (χ2v) is 7.78. The Labute approximate surface area is 139 Å². The Kier molecular flexibility index (Phi) is 6.70. The number of rotatable bonds is 7. The maximum Gasteiger partial charge on any atom is 0.311 e. The van der Waals surface area contributed by atoms with Crippen molar-refractivity contribution in [1.82, 2.24) is 10.3 Å². The molecule has 1 atom stereocenters. The van der Waals surface area contributed by atoms with Crippen LogP contribution < -0.4 is 5.32 Å². The Morgan fingerprint density at radius 3 is 2.91 bits per heavy atom. The fraction of sp³-hybridized carbons (Fsp3) is 0.667. The molecular weight excluding hydrogens is 320 g/mol. The predicted molar refractivity (Wildman–Crippen MR) is 88.2 cm³/mol. The molecule has 0 unspecified atom stereocenters. The maximum absolute atomic E-state index is 12.1. The molecule has 1 aromatic heterocycles. The van der Waals surface area contributed by atoms with Crippen LogP contribution in [0.3, 0.4) is 0 Å². The lowest BCUT2D eigenvalue weighted by atomic mass is 10.2. The zero-order chi connectivity index (χ0) is 15.9. The van der Waals surface area contributed by atoms with E-state index in [1.807, 2.05) is 12.3 Å². The molecule has 5 nitrogen and oxygen atoms in total. The van der Waals surface area contributed by atoms with Crippen molar-refractivity contribution in [2.45, 2.75) is 61.6 Å². The lowest BCUT2D eigenvalue weighted by Gasteiger charge is -2.15. The van der Waals surface area contributed by atoms with Gasteiger partial charge in [-0.15, -0.1) is 11.3 Å². The van der Waals surface area contributed by atoms with Gasteiger partial charge in [0.2, 0.25) is 5.91 Å². The molecule has 0 radical (unpaired) electrons. The van der Waals surface area contributed by atoms with Crippen molar-refractivity contribution in [3.8, 4) is 0 Å². The normalized spacial score (nSPS) is 16.5. The van der Waals surface area contributed by atoms with Crippen LogP contribution in [0.2, 0.25) is 0 Å². The summed E-state index contributed by atoms with van der Waals surface area (Å²) in [7, 11) is 0. The van der Waals surface area contributed by atoms with Crippen LogP contribution in [-0.4, -0.2) is 34.8 Å². The molecule has 1 aromatic rings. The highest BCUT2D eigenvalue weighted by molar-refractivity contribution is 8.02. The molecule has 0 aliphatic heterocycles. The number of thioether (sulfide) groups is 1. The Bertz CT molecular complexity index is 513. The predicted octanol–water partition coefficient (Wildman–Crippen LogP) is 2.79. The number of nitrogens with zero attached hydrogens (tertiary/aromatic N) is 1. The van der Waals surface area contributed by atoms with Crippen molar-refractivity contribution < 1.29 is 14.3 Å². The summed E-state index contributed by atoms with van der Waals surface area (Å²) in [5.41, 5.74) is 0.703. The molecule has 122 valence electrons. The lowest BCUT2D eigenvalue weighted by molar-refractivity contribution is -0.142. The van der Waals surface area contributed by atoms with Gasteiger partial charge < -0.3 is 10.1 Å². The zero-order valence-corrected chi connectivity index (χ0v) is 14.6. The number of amides is 1. The first-order valence-corrected chi connectivity index (χ1v) is 9.41. The van der Waals surface area contributed by atoms with Crippen LogP contribution in [0.25, 0.3) is 0 Å². The summed E-state index contributed by atoms with van der Waals surface area (Å²) in [5.74, 6) is -0.199. The third-order valence-electron chi connectivity index (χ3n) is 3.51. The van der Waals surface area contributed by atoms with Crippen molar-refractivity contribution in [2.75, 3.05) is 6.61 Å². The number of thiazole rings is 1. The van der Waals surface area contributed by atoms with E-state index in [-0.39, 0.29) is 23.5 Å². The van der Waals surface area contributed by atoms with Gasteiger partial charge in [0.1, 0.15) is 0 Å². The highest BCUT2D eigenvalue weighted by Gasteiger charge is 2.22. The minimum absolute atomic E-state index is 0.0686. The van der Waals surface area contributed by atoms with E-state index in [9.17, 15) is 9.59 Å². The summed E-state index contributed by atoms with van der Waals surface area (Å²) >= 11 is 2.90. The van der Waals surface area contributed by atoms with Crippen LogP contribution in [0, 0.1) is 0 Å². The Balaban J connectivity index is 1.80. The van der Waals surface area contributed by atoms with Gasteiger partial charge in [-0.05, 0) is 26.7 Å². The average Bonchev–Trinajstić information content (AvgIpc) is 3.11. The SMILES string of the molecule is CCOC(=O)Cc1csc(S[C@H](C)C(=O)NC2CCCC2)n1. The fourth-order valence-electron chi connectivity index (χ4n) is 2.38. The van der Waals surface area contributed by atoms with Crippen molar-refractivity contribution in [1.29, 1.82) is 0 Å². The van der Waals surface area contributed by atoms with Gasteiger partial charge in [-0.3, -0.25) is 9.59 Å². The van der Waals surface area contributed by atoms with Gasteiger partial charge in [-0.1, -0.05) is 24.6 Å². The fourth-order valence-corrected chi connectivity index (χ4v) is 4.37. The number of carbonyl (C=O) groups is 2. The topological polar surface area (TPSA) is 68.3 Å². The van der Waals surface area contributed by atoms with E-state index >= 15 is 0 Å². The Hall–Kier alpha value is -1.08. The van der Waals surface area contributed by atoms with Crippen LogP contribution in [0.5, 0.6) is 0 Å². The smallest absolute Gasteiger partial charge is 0.311 e. The van der Waals surface area contributed by atoms with Gasteiger partial charge in [0.05, 0.1) is 24.0 Å². The minimum atomic E-state index is -0.267. The molecule has 1 heterocycles. The van der Waals surface area contributed by atoms with Gasteiger partial charge >= 0.3 is 5.97 Å². The van der Waals surface area contributed by atoms with Gasteiger partial charge in [0.15, 0.2) is 4.34 Å². The molecule has 7 heteroatoms. The summed E-state index contributed by atoms with van der Waals surface area (Å²) in [6.07, 6.45) is 4.77. The third kappa shape index (κ3) is 5.28. The van der Waals surface area contributed by atoms with E-state index in [1.54, 1.807) is 6.92 Å². The van der Waals surface area contributed by atoms with Gasteiger partial charge in [0.25, 0.3) is 0 Å². The average molecular weight is 342 g/mol. The lowest BCUT2D eigenvalue weighted by Crippen LogP contribution is -2.37. The third-order valence-corrected chi connectivity index (χ3v) is 5.63. The first-order chi connectivity index (χ1) is 10.6. The second kappa shape index (κ2) is 8.53. The molecule has 0 saturated heterocycles. The maximum atomic E-state index is 12.1. The molecule has 1 fully saturated rings. The highest BCUT2D eigenvalue weighted by Crippen LogP contribution is 2.27. The van der Waals surface area contributed by atoms with Crippen LogP contribution in [0.1, 0.15) is 45.2 Å². The summed E-state index contributed by atoms with van der Waals surface area (Å²) in [6, 6.07) is 0.339. The number of nitrogens with one attached hydrogen (secondary N) is 1. The Morgan fingerprint density at radius 2 is 2.23 bits per heavy atom. The quantitative estimate of drug-likeness (QED) is 0.609. The van der Waals surface area contributed by atoms with E-state index in [0.717, 1.165) is 17.2 Å². The number of hydrogen-bond acceptors (Lipinski definition) is 6. The molecule has 0 aromatic carbocycles. The van der Waals surface area contributed by atoms with Crippen LogP contribution >= 0.6 is 23.1 Å². The highest BCUT2D eigenvalue weighted by atomic mass is 32.2. The van der Waals surface area contributed by atoms with E-state index < -0.39 is 0 Å². The molecule has 1 aliphatic carbocycles.